The molecule has 1 rings (SSSR count). The van der Waals surface area contributed by atoms with Crippen LogP contribution in [0.5, 0.6) is 5.75 Å². The van der Waals surface area contributed by atoms with Gasteiger partial charge < -0.3 is 15.9 Å². The van der Waals surface area contributed by atoms with E-state index in [1.54, 1.807) is 6.26 Å². The highest BCUT2D eigenvalue weighted by Gasteiger charge is 2.19. The number of phenolic OH excluding ortho intramolecular Hbond substituents is 1. The predicted octanol–water partition coefficient (Wildman–Crippen LogP) is 1.73. The number of carboxylic acids is 1. The minimum atomic E-state index is -1.09. The van der Waals surface area contributed by atoms with E-state index in [4.69, 9.17) is 10.8 Å². The topological polar surface area (TPSA) is 83.5 Å². The summed E-state index contributed by atoms with van der Waals surface area (Å²) in [6.45, 7) is 0. The van der Waals surface area contributed by atoms with Crippen LogP contribution in [0.25, 0.3) is 0 Å². The fourth-order valence-corrected chi connectivity index (χ4v) is 1.91. The zero-order valence-corrected chi connectivity index (χ0v) is 9.42. The number of carboxylic acid groups (broad SMARTS) is 1. The number of rotatable bonds is 4. The number of benzene rings is 1. The van der Waals surface area contributed by atoms with Gasteiger partial charge in [-0.15, -0.1) is 11.8 Å². The van der Waals surface area contributed by atoms with Crippen LogP contribution in [0.15, 0.2) is 17.0 Å². The summed E-state index contributed by atoms with van der Waals surface area (Å²) in [7, 11) is 0. The Hall–Kier alpha value is -1.27. The second-order valence-electron chi connectivity index (χ2n) is 3.23. The van der Waals surface area contributed by atoms with Crippen molar-refractivity contribution in [2.45, 2.75) is 17.4 Å². The van der Waals surface area contributed by atoms with Crippen LogP contribution in [0.1, 0.15) is 18.0 Å². The maximum Gasteiger partial charge on any atom is 0.305 e. The third kappa shape index (κ3) is 2.65. The molecule has 0 heterocycles. The van der Waals surface area contributed by atoms with Gasteiger partial charge in [-0.2, -0.15) is 0 Å². The van der Waals surface area contributed by atoms with Gasteiger partial charge in [0.05, 0.1) is 11.3 Å². The molecule has 0 amide bonds. The quantitative estimate of drug-likeness (QED) is 0.703. The summed E-state index contributed by atoms with van der Waals surface area (Å²) < 4.78 is 13.8. The highest BCUT2D eigenvalue weighted by atomic mass is 32.2. The van der Waals surface area contributed by atoms with Gasteiger partial charge in [-0.3, -0.25) is 4.79 Å². The Kier molecular flexibility index (Phi) is 4.14. The SMILES string of the molecule is CSc1c(O)ccc(C(N)CC(=O)O)c1F. The molecule has 4 N–H and O–H groups in total. The maximum absolute atomic E-state index is 13.8. The van der Waals surface area contributed by atoms with Crippen molar-refractivity contribution in [3.63, 3.8) is 0 Å². The lowest BCUT2D eigenvalue weighted by Crippen LogP contribution is -2.16. The molecule has 1 atom stereocenters. The summed E-state index contributed by atoms with van der Waals surface area (Å²) in [6.07, 6.45) is 1.26. The molecule has 4 nitrogen and oxygen atoms in total. The monoisotopic (exact) mass is 245 g/mol. The summed E-state index contributed by atoms with van der Waals surface area (Å²) in [6, 6.07) is 1.70. The van der Waals surface area contributed by atoms with Gasteiger partial charge in [0.1, 0.15) is 11.6 Å². The average Bonchev–Trinajstić information content (AvgIpc) is 2.17. The number of carbonyl (C=O) groups is 1. The smallest absolute Gasteiger partial charge is 0.305 e. The molecular formula is C10H12FNO3S. The Labute approximate surface area is 96.3 Å². The molecule has 88 valence electrons. The molecule has 0 aliphatic rings. The maximum atomic E-state index is 13.8. The molecular weight excluding hydrogens is 233 g/mol. The van der Waals surface area contributed by atoms with E-state index in [2.05, 4.69) is 0 Å². The number of aliphatic carboxylic acids is 1. The van der Waals surface area contributed by atoms with E-state index in [0.29, 0.717) is 0 Å². The van der Waals surface area contributed by atoms with Crippen LogP contribution < -0.4 is 5.73 Å². The predicted molar refractivity (Wildman–Crippen MR) is 59.0 cm³/mol. The van der Waals surface area contributed by atoms with Gasteiger partial charge in [-0.05, 0) is 12.3 Å². The molecule has 1 aromatic carbocycles. The second kappa shape index (κ2) is 5.18. The number of nitrogens with two attached hydrogens (primary N) is 1. The second-order valence-corrected chi connectivity index (χ2v) is 4.04. The van der Waals surface area contributed by atoms with Gasteiger partial charge in [0.25, 0.3) is 0 Å². The molecule has 0 radical (unpaired) electrons. The average molecular weight is 245 g/mol. The number of hydrogen-bond acceptors (Lipinski definition) is 4. The molecule has 1 unspecified atom stereocenters. The van der Waals surface area contributed by atoms with E-state index in [0.717, 1.165) is 11.8 Å². The lowest BCUT2D eigenvalue weighted by molar-refractivity contribution is -0.137. The third-order valence-corrected chi connectivity index (χ3v) is 2.90. The van der Waals surface area contributed by atoms with Crippen molar-refractivity contribution in [1.82, 2.24) is 0 Å². The molecule has 0 bridgehead atoms. The Balaban J connectivity index is 3.10. The van der Waals surface area contributed by atoms with Gasteiger partial charge in [-0.1, -0.05) is 6.07 Å². The number of phenols is 1. The molecule has 1 aromatic rings. The van der Waals surface area contributed by atoms with Gasteiger partial charge >= 0.3 is 5.97 Å². The standard InChI is InChI=1S/C10H12FNO3S/c1-16-10-7(13)3-2-5(9(10)11)6(12)4-8(14)15/h2-3,6,13H,4,12H2,1H3,(H,14,15). The summed E-state index contributed by atoms with van der Waals surface area (Å²) >= 11 is 1.04. The van der Waals surface area contributed by atoms with Crippen LogP contribution in [0.3, 0.4) is 0 Å². The van der Waals surface area contributed by atoms with Gasteiger partial charge in [0.2, 0.25) is 0 Å². The first-order chi connectivity index (χ1) is 7.47. The molecule has 0 aliphatic heterocycles. The van der Waals surface area contributed by atoms with Crippen LogP contribution in [-0.4, -0.2) is 22.4 Å². The van der Waals surface area contributed by atoms with Gasteiger partial charge in [-0.25, -0.2) is 4.39 Å². The first-order valence-electron chi connectivity index (χ1n) is 4.50. The molecule has 0 spiro atoms. The Morgan fingerprint density at radius 3 is 2.75 bits per heavy atom. The molecule has 0 saturated carbocycles. The summed E-state index contributed by atoms with van der Waals surface area (Å²) in [5.74, 6) is -1.91. The fourth-order valence-electron chi connectivity index (χ4n) is 1.34. The number of hydrogen-bond donors (Lipinski definition) is 3. The first kappa shape index (κ1) is 12.8. The number of aromatic hydroxyl groups is 1. The van der Waals surface area contributed by atoms with Crippen molar-refractivity contribution >= 4 is 17.7 Å². The number of thioether (sulfide) groups is 1. The zero-order chi connectivity index (χ0) is 12.3. The minimum absolute atomic E-state index is 0.0818. The lowest BCUT2D eigenvalue weighted by Gasteiger charge is -2.13. The van der Waals surface area contributed by atoms with Gasteiger partial charge in [0.15, 0.2) is 0 Å². The van der Waals surface area contributed by atoms with Crippen LogP contribution in [0.2, 0.25) is 0 Å². The Morgan fingerprint density at radius 2 is 2.25 bits per heavy atom. The van der Waals surface area contributed by atoms with Crippen LogP contribution in [0, 0.1) is 5.82 Å². The van der Waals surface area contributed by atoms with E-state index in [-0.39, 0.29) is 22.6 Å². The van der Waals surface area contributed by atoms with E-state index in [9.17, 15) is 14.3 Å². The Bertz CT molecular complexity index is 411. The number of halogens is 1. The highest BCUT2D eigenvalue weighted by molar-refractivity contribution is 7.98. The molecule has 0 aromatic heterocycles. The van der Waals surface area contributed by atoms with Crippen molar-refractivity contribution in [1.29, 1.82) is 0 Å². The fraction of sp³-hybridized carbons (Fsp3) is 0.300. The zero-order valence-electron chi connectivity index (χ0n) is 8.61. The van der Waals surface area contributed by atoms with Gasteiger partial charge in [0, 0.05) is 11.6 Å². The summed E-state index contributed by atoms with van der Waals surface area (Å²) in [4.78, 5) is 10.5. The molecule has 6 heteroatoms. The third-order valence-electron chi connectivity index (χ3n) is 2.10. The van der Waals surface area contributed by atoms with Crippen LogP contribution >= 0.6 is 11.8 Å². The van der Waals surface area contributed by atoms with Crippen molar-refractivity contribution < 1.29 is 19.4 Å². The Morgan fingerprint density at radius 1 is 1.62 bits per heavy atom. The molecule has 0 aliphatic carbocycles. The minimum Gasteiger partial charge on any atom is -0.507 e. The van der Waals surface area contributed by atoms with E-state index in [1.807, 2.05) is 0 Å². The van der Waals surface area contributed by atoms with E-state index < -0.39 is 17.8 Å². The summed E-state index contributed by atoms with van der Waals surface area (Å²) in [5.41, 5.74) is 5.66. The summed E-state index contributed by atoms with van der Waals surface area (Å²) in [5, 5.41) is 17.9. The van der Waals surface area contributed by atoms with Crippen molar-refractivity contribution in [3.8, 4) is 5.75 Å². The lowest BCUT2D eigenvalue weighted by atomic mass is 10.0. The van der Waals surface area contributed by atoms with Crippen molar-refractivity contribution in [3.05, 3.63) is 23.5 Å². The molecule has 0 fully saturated rings. The largest absolute Gasteiger partial charge is 0.507 e. The van der Waals surface area contributed by atoms with Crippen molar-refractivity contribution in [2.75, 3.05) is 6.26 Å². The normalized spacial score (nSPS) is 12.4. The van der Waals surface area contributed by atoms with Crippen molar-refractivity contribution in [2.24, 2.45) is 5.73 Å². The first-order valence-corrected chi connectivity index (χ1v) is 5.72. The van der Waals surface area contributed by atoms with E-state index in [1.165, 1.54) is 12.1 Å². The van der Waals surface area contributed by atoms with Crippen LogP contribution in [0.4, 0.5) is 4.39 Å². The van der Waals surface area contributed by atoms with Crippen LogP contribution in [-0.2, 0) is 4.79 Å². The molecule has 0 saturated heterocycles. The van der Waals surface area contributed by atoms with E-state index >= 15 is 0 Å². The highest BCUT2D eigenvalue weighted by Crippen LogP contribution is 2.33. The molecule has 16 heavy (non-hydrogen) atoms.